The van der Waals surface area contributed by atoms with E-state index in [-0.39, 0.29) is 30.8 Å². The second-order valence-corrected chi connectivity index (χ2v) is 7.77. The van der Waals surface area contributed by atoms with Crippen molar-refractivity contribution < 1.29 is 33.4 Å². The van der Waals surface area contributed by atoms with Gasteiger partial charge in [0.2, 0.25) is 0 Å². The van der Waals surface area contributed by atoms with Gasteiger partial charge in [-0.25, -0.2) is 9.59 Å². The number of rotatable bonds is 8. The highest BCUT2D eigenvalue weighted by atomic mass is 16.5. The summed E-state index contributed by atoms with van der Waals surface area (Å²) in [5.74, 6) is -2.31. The number of esters is 2. The summed E-state index contributed by atoms with van der Waals surface area (Å²) in [4.78, 5) is 63.3. The van der Waals surface area contributed by atoms with E-state index in [9.17, 15) is 24.0 Å². The van der Waals surface area contributed by atoms with E-state index in [1.54, 1.807) is 61.5 Å². The van der Waals surface area contributed by atoms with E-state index >= 15 is 0 Å². The second kappa shape index (κ2) is 10.2. The van der Waals surface area contributed by atoms with Gasteiger partial charge in [-0.05, 0) is 24.6 Å². The average Bonchev–Trinajstić information content (AvgIpc) is 3.11. The molecule has 10 heteroatoms. The smallest absolute Gasteiger partial charge is 0.338 e. The minimum absolute atomic E-state index is 0.0927. The molecule has 2 heterocycles. The zero-order valence-electron chi connectivity index (χ0n) is 18.9. The van der Waals surface area contributed by atoms with Crippen molar-refractivity contribution in [2.45, 2.75) is 19.4 Å². The molecule has 0 spiro atoms. The number of fused-ring (bicyclic) bond motifs is 1. The minimum atomic E-state index is -0.795. The Kier molecular flexibility index (Phi) is 6.91. The molecular formula is C25H23N3O7. The molecule has 2 aliphatic rings. The third kappa shape index (κ3) is 4.91. The Labute approximate surface area is 200 Å². The number of hydrogen-bond donors (Lipinski definition) is 2. The number of urea groups is 1. The van der Waals surface area contributed by atoms with Crippen LogP contribution in [-0.4, -0.2) is 54.4 Å². The third-order valence-corrected chi connectivity index (χ3v) is 5.58. The molecule has 0 aliphatic carbocycles. The van der Waals surface area contributed by atoms with Gasteiger partial charge in [-0.2, -0.15) is 0 Å². The van der Waals surface area contributed by atoms with E-state index in [1.165, 1.54) is 0 Å². The van der Waals surface area contributed by atoms with E-state index < -0.39 is 42.4 Å². The van der Waals surface area contributed by atoms with Crippen LogP contribution in [-0.2, 0) is 19.1 Å². The van der Waals surface area contributed by atoms with Crippen LogP contribution in [0.2, 0.25) is 0 Å². The van der Waals surface area contributed by atoms with Gasteiger partial charge in [0.15, 0.2) is 0 Å². The molecule has 4 amide bonds. The van der Waals surface area contributed by atoms with Gasteiger partial charge >= 0.3 is 18.0 Å². The number of nitrogens with one attached hydrogen (secondary N) is 2. The summed E-state index contributed by atoms with van der Waals surface area (Å²) in [7, 11) is 0. The number of hydrogen-bond acceptors (Lipinski definition) is 7. The number of benzene rings is 2. The van der Waals surface area contributed by atoms with Crippen molar-refractivity contribution in [2.75, 3.05) is 19.8 Å². The topological polar surface area (TPSA) is 131 Å². The molecule has 0 saturated carbocycles. The zero-order chi connectivity index (χ0) is 24.9. The lowest BCUT2D eigenvalue weighted by molar-refractivity contribution is -0.143. The van der Waals surface area contributed by atoms with Gasteiger partial charge in [-0.3, -0.25) is 19.3 Å². The fraction of sp³-hybridized carbons (Fsp3) is 0.240. The first-order valence-corrected chi connectivity index (χ1v) is 11.0. The first kappa shape index (κ1) is 23.7. The van der Waals surface area contributed by atoms with Crippen LogP contribution < -0.4 is 10.6 Å². The number of nitrogens with zero attached hydrogens (tertiary/aromatic N) is 1. The van der Waals surface area contributed by atoms with Crippen molar-refractivity contribution in [1.29, 1.82) is 0 Å². The molecule has 0 aromatic heterocycles. The predicted octanol–water partition coefficient (Wildman–Crippen LogP) is 2.09. The summed E-state index contributed by atoms with van der Waals surface area (Å²) in [5.41, 5.74) is 1.44. The van der Waals surface area contributed by atoms with Crippen molar-refractivity contribution in [1.82, 2.24) is 15.5 Å². The van der Waals surface area contributed by atoms with Gasteiger partial charge < -0.3 is 20.1 Å². The molecule has 2 aromatic rings. The first-order valence-electron chi connectivity index (χ1n) is 11.0. The maximum absolute atomic E-state index is 12.7. The summed E-state index contributed by atoms with van der Waals surface area (Å²) in [6.45, 7) is 1.22. The molecule has 180 valence electrons. The van der Waals surface area contributed by atoms with Crippen LogP contribution in [0.1, 0.15) is 45.7 Å². The molecule has 0 bridgehead atoms. The van der Waals surface area contributed by atoms with Gasteiger partial charge in [0.1, 0.15) is 6.61 Å². The maximum atomic E-state index is 12.7. The summed E-state index contributed by atoms with van der Waals surface area (Å²) in [6.07, 6.45) is -0.248. The van der Waals surface area contributed by atoms with E-state index in [1.807, 2.05) is 0 Å². The lowest BCUT2D eigenvalue weighted by atomic mass is 9.95. The number of amides is 4. The Morgan fingerprint density at radius 3 is 2.17 bits per heavy atom. The fourth-order valence-corrected chi connectivity index (χ4v) is 3.95. The van der Waals surface area contributed by atoms with Crippen molar-refractivity contribution in [3.63, 3.8) is 0 Å². The van der Waals surface area contributed by atoms with E-state index in [0.717, 1.165) is 4.90 Å². The summed E-state index contributed by atoms with van der Waals surface area (Å²) in [5, 5.41) is 5.21. The molecule has 35 heavy (non-hydrogen) atoms. The monoisotopic (exact) mass is 477 g/mol. The van der Waals surface area contributed by atoms with Gasteiger partial charge in [0.05, 0.1) is 41.5 Å². The van der Waals surface area contributed by atoms with Crippen LogP contribution in [0.15, 0.2) is 65.9 Å². The van der Waals surface area contributed by atoms with Gasteiger partial charge in [-0.1, -0.05) is 42.5 Å². The molecule has 2 aromatic carbocycles. The second-order valence-electron chi connectivity index (χ2n) is 7.77. The quantitative estimate of drug-likeness (QED) is 0.440. The van der Waals surface area contributed by atoms with Crippen molar-refractivity contribution in [3.8, 4) is 0 Å². The highest BCUT2D eigenvalue weighted by Crippen LogP contribution is 2.28. The van der Waals surface area contributed by atoms with Crippen molar-refractivity contribution in [3.05, 3.63) is 82.6 Å². The van der Waals surface area contributed by atoms with Crippen LogP contribution in [0.4, 0.5) is 4.79 Å². The van der Waals surface area contributed by atoms with Gasteiger partial charge in [-0.15, -0.1) is 0 Å². The SMILES string of the molecule is CCOC(=O)C1=C(COC(=O)CCN2C(=O)c3ccccc3C2=O)NC(=O)NC1c1ccccc1. The Bertz CT molecular complexity index is 1190. The Balaban J connectivity index is 1.46. The predicted molar refractivity (Wildman–Crippen MR) is 122 cm³/mol. The minimum Gasteiger partial charge on any atom is -0.463 e. The molecule has 0 radical (unpaired) electrons. The van der Waals surface area contributed by atoms with E-state index in [0.29, 0.717) is 16.7 Å². The lowest BCUT2D eigenvalue weighted by Gasteiger charge is -2.29. The van der Waals surface area contributed by atoms with Crippen LogP contribution in [0, 0.1) is 0 Å². The number of carbonyl (C=O) groups excluding carboxylic acids is 5. The Morgan fingerprint density at radius 2 is 1.54 bits per heavy atom. The maximum Gasteiger partial charge on any atom is 0.338 e. The van der Waals surface area contributed by atoms with E-state index in [4.69, 9.17) is 9.47 Å². The molecule has 0 fully saturated rings. The average molecular weight is 477 g/mol. The van der Waals surface area contributed by atoms with Crippen LogP contribution in [0.25, 0.3) is 0 Å². The third-order valence-electron chi connectivity index (χ3n) is 5.58. The van der Waals surface area contributed by atoms with Crippen molar-refractivity contribution >= 4 is 29.8 Å². The van der Waals surface area contributed by atoms with Crippen LogP contribution in [0.3, 0.4) is 0 Å². The number of ether oxygens (including phenoxy) is 2. The van der Waals surface area contributed by atoms with E-state index in [2.05, 4.69) is 10.6 Å². The molecule has 1 atom stereocenters. The molecule has 1 unspecified atom stereocenters. The van der Waals surface area contributed by atoms with Gasteiger partial charge in [0, 0.05) is 6.54 Å². The standard InChI is InChI=1S/C25H23N3O7/c1-2-34-24(32)20-18(26-25(33)27-21(20)15-8-4-3-5-9-15)14-35-19(29)12-13-28-22(30)16-10-6-7-11-17(16)23(28)31/h3-11,21H,2,12-14H2,1H3,(H2,26,27,33). The largest absolute Gasteiger partial charge is 0.463 e. The normalized spacial score (nSPS) is 17.0. The lowest BCUT2D eigenvalue weighted by Crippen LogP contribution is -2.47. The molecule has 4 rings (SSSR count). The van der Waals surface area contributed by atoms with Crippen LogP contribution >= 0.6 is 0 Å². The zero-order valence-corrected chi connectivity index (χ0v) is 18.9. The Morgan fingerprint density at radius 1 is 0.914 bits per heavy atom. The molecule has 10 nitrogen and oxygen atoms in total. The van der Waals surface area contributed by atoms with Gasteiger partial charge in [0.25, 0.3) is 11.8 Å². The molecule has 0 saturated heterocycles. The first-order chi connectivity index (χ1) is 16.9. The highest BCUT2D eigenvalue weighted by molar-refractivity contribution is 6.21. The highest BCUT2D eigenvalue weighted by Gasteiger charge is 2.36. The van der Waals surface area contributed by atoms with Crippen molar-refractivity contribution in [2.24, 2.45) is 0 Å². The van der Waals surface area contributed by atoms with Crippen LogP contribution in [0.5, 0.6) is 0 Å². The Hall–Kier alpha value is -4.47. The molecule has 2 aliphatic heterocycles. The summed E-state index contributed by atoms with van der Waals surface area (Å²) in [6, 6.07) is 13.9. The molecule has 2 N–H and O–H groups in total. The molecular weight excluding hydrogens is 454 g/mol. The fourth-order valence-electron chi connectivity index (χ4n) is 3.95. The summed E-state index contributed by atoms with van der Waals surface area (Å²) < 4.78 is 10.4. The number of imide groups is 1. The number of carbonyl (C=O) groups is 5. The summed E-state index contributed by atoms with van der Waals surface area (Å²) >= 11 is 0.